The first-order valence-corrected chi connectivity index (χ1v) is 10.2. The van der Waals surface area contributed by atoms with Crippen molar-refractivity contribution in [2.24, 2.45) is 0 Å². The third-order valence-electron chi connectivity index (χ3n) is 5.87. The van der Waals surface area contributed by atoms with E-state index in [-0.39, 0.29) is 24.5 Å². The molecule has 1 amide bonds. The fourth-order valence-electron chi connectivity index (χ4n) is 4.36. The topological polar surface area (TPSA) is 64.6 Å². The van der Waals surface area contributed by atoms with Crippen LogP contribution in [0.15, 0.2) is 60.8 Å². The zero-order valence-electron chi connectivity index (χ0n) is 16.8. The molecule has 2 aliphatic rings. The van der Waals surface area contributed by atoms with Gasteiger partial charge in [-0.3, -0.25) is 4.79 Å². The molecular formula is C24H23N3O3. The molecule has 1 saturated heterocycles. The predicted octanol–water partition coefficient (Wildman–Crippen LogP) is 3.47. The summed E-state index contributed by atoms with van der Waals surface area (Å²) >= 11 is 0. The van der Waals surface area contributed by atoms with Crippen molar-refractivity contribution in [2.45, 2.75) is 25.2 Å². The summed E-state index contributed by atoms with van der Waals surface area (Å²) < 4.78 is 10.8. The van der Waals surface area contributed by atoms with Crippen LogP contribution in [0.25, 0.3) is 0 Å². The number of aryl methyl sites for hydroxylation is 1. The van der Waals surface area contributed by atoms with E-state index >= 15 is 0 Å². The minimum absolute atomic E-state index is 0.114. The Balaban J connectivity index is 1.38. The fraction of sp³-hybridized carbons (Fsp3) is 0.292. The van der Waals surface area contributed by atoms with Crippen molar-refractivity contribution < 1.29 is 14.3 Å². The Kier molecular flexibility index (Phi) is 4.83. The summed E-state index contributed by atoms with van der Waals surface area (Å²) in [5.74, 6) is 2.66. The highest BCUT2D eigenvalue weighted by molar-refractivity contribution is 5.79. The molecule has 0 radical (unpaired) electrons. The molecule has 0 aliphatic carbocycles. The lowest BCUT2D eigenvalue weighted by Crippen LogP contribution is -2.30. The number of likely N-dealkylation sites (tertiary alicyclic amines) is 1. The largest absolute Gasteiger partial charge is 0.454 e. The van der Waals surface area contributed by atoms with Crippen LogP contribution in [0, 0.1) is 6.92 Å². The monoisotopic (exact) mass is 401 g/mol. The minimum atomic E-state index is 0.114. The second-order valence-corrected chi connectivity index (χ2v) is 7.82. The molecule has 0 saturated carbocycles. The number of aromatic nitrogens is 2. The number of nitrogens with zero attached hydrogens (tertiary/aromatic N) is 3. The van der Waals surface area contributed by atoms with Crippen molar-refractivity contribution in [3.05, 3.63) is 83.4 Å². The number of fused-ring (bicyclic) bond motifs is 1. The average Bonchev–Trinajstić information content (AvgIpc) is 3.41. The van der Waals surface area contributed by atoms with Crippen molar-refractivity contribution in [2.75, 3.05) is 19.9 Å². The molecule has 6 nitrogen and oxygen atoms in total. The van der Waals surface area contributed by atoms with Gasteiger partial charge in [0, 0.05) is 36.8 Å². The van der Waals surface area contributed by atoms with Gasteiger partial charge in [-0.25, -0.2) is 9.97 Å². The van der Waals surface area contributed by atoms with Crippen LogP contribution < -0.4 is 9.47 Å². The maximum atomic E-state index is 13.2. The lowest BCUT2D eigenvalue weighted by atomic mass is 9.87. The Morgan fingerprint density at radius 2 is 1.83 bits per heavy atom. The Hall–Kier alpha value is -3.41. The highest BCUT2D eigenvalue weighted by Gasteiger charge is 2.37. The van der Waals surface area contributed by atoms with E-state index in [1.807, 2.05) is 42.2 Å². The standard InChI is InChI=1S/C24H23N3O3/c1-16-25-10-9-21(26-16)20-14-27(13-19(20)18-5-3-2-4-6-18)24(28)12-17-7-8-22-23(11-17)30-15-29-22/h2-11,19-20H,12-15H2,1H3/t19-,20+/m0/s1. The molecule has 5 rings (SSSR count). The molecule has 0 spiro atoms. The fourth-order valence-corrected chi connectivity index (χ4v) is 4.36. The molecule has 3 aromatic rings. The van der Waals surface area contributed by atoms with Gasteiger partial charge in [-0.05, 0) is 36.2 Å². The van der Waals surface area contributed by atoms with Crippen LogP contribution >= 0.6 is 0 Å². The van der Waals surface area contributed by atoms with Gasteiger partial charge in [0.15, 0.2) is 11.5 Å². The van der Waals surface area contributed by atoms with E-state index in [1.165, 1.54) is 5.56 Å². The first-order valence-electron chi connectivity index (χ1n) is 10.2. The van der Waals surface area contributed by atoms with Crippen molar-refractivity contribution >= 4 is 5.91 Å². The lowest BCUT2D eigenvalue weighted by Gasteiger charge is -2.18. The SMILES string of the molecule is Cc1nccc([C@@H]2CN(C(=O)Cc3ccc4c(c3)OCO4)C[C@H]2c2ccccc2)n1. The first kappa shape index (κ1) is 18.6. The summed E-state index contributed by atoms with van der Waals surface area (Å²) in [6.07, 6.45) is 2.14. The molecule has 2 atom stereocenters. The molecule has 0 unspecified atom stereocenters. The van der Waals surface area contributed by atoms with Gasteiger partial charge in [-0.2, -0.15) is 0 Å². The van der Waals surface area contributed by atoms with Gasteiger partial charge in [0.05, 0.1) is 6.42 Å². The Morgan fingerprint density at radius 3 is 2.67 bits per heavy atom. The minimum Gasteiger partial charge on any atom is -0.454 e. The van der Waals surface area contributed by atoms with Crippen LogP contribution in [-0.2, 0) is 11.2 Å². The number of hydrogen-bond acceptors (Lipinski definition) is 5. The van der Waals surface area contributed by atoms with E-state index < -0.39 is 0 Å². The molecule has 30 heavy (non-hydrogen) atoms. The molecular weight excluding hydrogens is 378 g/mol. The predicted molar refractivity (Wildman–Crippen MR) is 112 cm³/mol. The smallest absolute Gasteiger partial charge is 0.231 e. The van der Waals surface area contributed by atoms with Crippen LogP contribution in [0.1, 0.15) is 34.5 Å². The van der Waals surface area contributed by atoms with Gasteiger partial charge in [0.25, 0.3) is 0 Å². The lowest BCUT2D eigenvalue weighted by molar-refractivity contribution is -0.129. The van der Waals surface area contributed by atoms with E-state index in [0.29, 0.717) is 25.3 Å². The second kappa shape index (κ2) is 7.78. The summed E-state index contributed by atoms with van der Waals surface area (Å²) in [7, 11) is 0. The maximum absolute atomic E-state index is 13.2. The number of carbonyl (C=O) groups excluding carboxylic acids is 1. The van der Waals surface area contributed by atoms with E-state index in [9.17, 15) is 4.79 Å². The molecule has 3 heterocycles. The number of carbonyl (C=O) groups is 1. The van der Waals surface area contributed by atoms with E-state index in [2.05, 4.69) is 34.2 Å². The molecule has 2 aliphatic heterocycles. The number of rotatable bonds is 4. The molecule has 152 valence electrons. The van der Waals surface area contributed by atoms with Crippen LogP contribution in [0.2, 0.25) is 0 Å². The van der Waals surface area contributed by atoms with Crippen LogP contribution in [-0.4, -0.2) is 40.7 Å². The summed E-state index contributed by atoms with van der Waals surface area (Å²) in [6, 6.07) is 18.1. The summed E-state index contributed by atoms with van der Waals surface area (Å²) in [4.78, 5) is 24.0. The highest BCUT2D eigenvalue weighted by atomic mass is 16.7. The van der Waals surface area contributed by atoms with Crippen LogP contribution in [0.5, 0.6) is 11.5 Å². The van der Waals surface area contributed by atoms with Gasteiger partial charge in [-0.1, -0.05) is 36.4 Å². The Morgan fingerprint density at radius 1 is 1.03 bits per heavy atom. The highest BCUT2D eigenvalue weighted by Crippen LogP contribution is 2.39. The zero-order chi connectivity index (χ0) is 20.5. The number of ether oxygens (including phenoxy) is 2. The van der Waals surface area contributed by atoms with Crippen molar-refractivity contribution in [1.29, 1.82) is 0 Å². The van der Waals surface area contributed by atoms with E-state index in [1.54, 1.807) is 6.20 Å². The van der Waals surface area contributed by atoms with Crippen molar-refractivity contribution in [3.63, 3.8) is 0 Å². The molecule has 0 N–H and O–H groups in total. The van der Waals surface area contributed by atoms with Gasteiger partial charge >= 0.3 is 0 Å². The molecule has 1 fully saturated rings. The Labute approximate surface area is 175 Å². The van der Waals surface area contributed by atoms with Gasteiger partial charge in [-0.15, -0.1) is 0 Å². The van der Waals surface area contributed by atoms with Gasteiger partial charge in [0.1, 0.15) is 5.82 Å². The van der Waals surface area contributed by atoms with Gasteiger partial charge < -0.3 is 14.4 Å². The quantitative estimate of drug-likeness (QED) is 0.670. The average molecular weight is 401 g/mol. The molecule has 2 aromatic carbocycles. The van der Waals surface area contributed by atoms with Crippen LogP contribution in [0.4, 0.5) is 0 Å². The zero-order valence-corrected chi connectivity index (χ0v) is 16.8. The summed E-state index contributed by atoms with van der Waals surface area (Å²) in [5, 5.41) is 0. The molecule has 0 bridgehead atoms. The summed E-state index contributed by atoms with van der Waals surface area (Å²) in [6.45, 7) is 3.47. The van der Waals surface area contributed by atoms with Crippen molar-refractivity contribution in [3.8, 4) is 11.5 Å². The maximum Gasteiger partial charge on any atom is 0.231 e. The molecule has 1 aromatic heterocycles. The first-order chi connectivity index (χ1) is 14.7. The van der Waals surface area contributed by atoms with E-state index in [0.717, 1.165) is 22.8 Å². The number of amides is 1. The number of benzene rings is 2. The van der Waals surface area contributed by atoms with Gasteiger partial charge in [0.2, 0.25) is 12.7 Å². The second-order valence-electron chi connectivity index (χ2n) is 7.82. The van der Waals surface area contributed by atoms with E-state index in [4.69, 9.17) is 9.47 Å². The Bertz CT molecular complexity index is 1070. The normalized spacial score (nSPS) is 19.8. The number of hydrogen-bond donors (Lipinski definition) is 0. The van der Waals surface area contributed by atoms with Crippen LogP contribution in [0.3, 0.4) is 0 Å². The molecule has 6 heteroatoms. The third-order valence-corrected chi connectivity index (χ3v) is 5.87. The third kappa shape index (κ3) is 3.61. The summed E-state index contributed by atoms with van der Waals surface area (Å²) in [5.41, 5.74) is 3.16. The van der Waals surface area contributed by atoms with Crippen molar-refractivity contribution in [1.82, 2.24) is 14.9 Å².